The molecule has 0 saturated heterocycles. The van der Waals surface area contributed by atoms with Gasteiger partial charge in [-0.25, -0.2) is 9.97 Å². The van der Waals surface area contributed by atoms with E-state index in [2.05, 4.69) is 203 Å². The first-order valence-corrected chi connectivity index (χ1v) is 20.7. The minimum atomic E-state index is 0.688. The Labute approximate surface area is 348 Å². The zero-order valence-electron chi connectivity index (χ0n) is 33.4. The molecule has 0 aliphatic carbocycles. The SMILES string of the molecule is CC.c1ccc(-c2ccc3c(c2)c2cc4cc5c6ccccc6c6ccccc6n5c4cc2n3-c2cccc(-c3nc(-c4ccccc4)cc(-c4ccccc4)n3)c2)cc1. The summed E-state index contributed by atoms with van der Waals surface area (Å²) in [6, 6.07) is 73.8. The summed E-state index contributed by atoms with van der Waals surface area (Å²) in [6.07, 6.45) is 0. The second-order valence-corrected chi connectivity index (χ2v) is 15.0. The molecule has 0 amide bonds. The molecule has 60 heavy (non-hydrogen) atoms. The van der Waals surface area contributed by atoms with Crippen molar-refractivity contribution in [1.29, 1.82) is 0 Å². The van der Waals surface area contributed by atoms with E-state index in [1.807, 2.05) is 26.0 Å². The van der Waals surface area contributed by atoms with Gasteiger partial charge in [0.1, 0.15) is 0 Å². The second kappa shape index (κ2) is 14.5. The van der Waals surface area contributed by atoms with Gasteiger partial charge in [-0.3, -0.25) is 0 Å². The smallest absolute Gasteiger partial charge is 0.160 e. The molecule has 0 N–H and O–H groups in total. The molecule has 0 radical (unpaired) electrons. The maximum Gasteiger partial charge on any atom is 0.160 e. The van der Waals surface area contributed by atoms with Gasteiger partial charge in [0.15, 0.2) is 5.82 Å². The largest absolute Gasteiger partial charge is 0.309 e. The fourth-order valence-corrected chi connectivity index (χ4v) is 8.98. The highest BCUT2D eigenvalue weighted by Crippen LogP contribution is 2.41. The monoisotopic (exact) mass is 768 g/mol. The second-order valence-electron chi connectivity index (χ2n) is 15.0. The number of pyridine rings is 1. The zero-order chi connectivity index (χ0) is 40.2. The number of fused-ring (bicyclic) bond motifs is 11. The normalized spacial score (nSPS) is 11.5. The molecular formula is C56H40N4. The number of hydrogen-bond donors (Lipinski definition) is 0. The molecule has 0 atom stereocenters. The van der Waals surface area contributed by atoms with Gasteiger partial charge in [0.05, 0.1) is 39.0 Å². The molecule has 4 heteroatoms. The molecule has 4 heterocycles. The van der Waals surface area contributed by atoms with Crippen LogP contribution >= 0.6 is 0 Å². The topological polar surface area (TPSA) is 35.1 Å². The molecule has 284 valence electrons. The average Bonchev–Trinajstić information content (AvgIpc) is 3.87. The van der Waals surface area contributed by atoms with Crippen LogP contribution in [0.1, 0.15) is 13.8 Å². The molecule has 0 aliphatic rings. The van der Waals surface area contributed by atoms with E-state index in [1.165, 1.54) is 60.0 Å². The highest BCUT2D eigenvalue weighted by molar-refractivity contribution is 6.19. The number of hydrogen-bond acceptors (Lipinski definition) is 2. The van der Waals surface area contributed by atoms with Crippen molar-refractivity contribution in [1.82, 2.24) is 18.9 Å². The summed E-state index contributed by atoms with van der Waals surface area (Å²) in [7, 11) is 0. The third-order valence-electron chi connectivity index (χ3n) is 11.7. The molecule has 4 aromatic heterocycles. The number of nitrogens with zero attached hydrogens (tertiary/aromatic N) is 4. The molecule has 12 rings (SSSR count). The maximum atomic E-state index is 5.19. The fourth-order valence-electron chi connectivity index (χ4n) is 8.98. The highest BCUT2D eigenvalue weighted by atomic mass is 15.0. The first-order chi connectivity index (χ1) is 29.7. The van der Waals surface area contributed by atoms with E-state index in [-0.39, 0.29) is 0 Å². The molecule has 0 bridgehead atoms. The van der Waals surface area contributed by atoms with Gasteiger partial charge >= 0.3 is 0 Å². The van der Waals surface area contributed by atoms with Crippen LogP contribution in [0.4, 0.5) is 0 Å². The maximum absolute atomic E-state index is 5.19. The minimum absolute atomic E-state index is 0.688. The van der Waals surface area contributed by atoms with Crippen LogP contribution in [0.15, 0.2) is 206 Å². The van der Waals surface area contributed by atoms with Gasteiger partial charge in [0, 0.05) is 49.3 Å². The zero-order valence-corrected chi connectivity index (χ0v) is 33.4. The molecule has 0 saturated carbocycles. The molecule has 0 unspecified atom stereocenters. The van der Waals surface area contributed by atoms with Crippen LogP contribution in [-0.4, -0.2) is 18.9 Å². The minimum Gasteiger partial charge on any atom is -0.309 e. The summed E-state index contributed by atoms with van der Waals surface area (Å²) in [5, 5.41) is 7.40. The summed E-state index contributed by atoms with van der Waals surface area (Å²) in [4.78, 5) is 10.4. The summed E-state index contributed by atoms with van der Waals surface area (Å²) < 4.78 is 4.87. The van der Waals surface area contributed by atoms with Crippen molar-refractivity contribution in [2.75, 3.05) is 0 Å². The molecule has 0 spiro atoms. The van der Waals surface area contributed by atoms with Crippen molar-refractivity contribution in [3.63, 3.8) is 0 Å². The fraction of sp³-hybridized carbons (Fsp3) is 0.0357. The standard InChI is InChI=1S/C54H34N4.C2H6/c1-4-15-35(16-5-1)38-27-28-50-45(30-38)46-31-40-32-52-44-25-11-10-23-42(44)43-24-12-13-26-49(43)58(52)51(40)34-53(46)57(50)41-22-14-21-39(29-41)54-55-47(36-17-6-2-7-18-36)33-48(56-54)37-19-8-3-9-20-37;1-2/h1-34H;1-2H3. The Kier molecular flexibility index (Phi) is 8.56. The van der Waals surface area contributed by atoms with Gasteiger partial charge in [-0.2, -0.15) is 0 Å². The first-order valence-electron chi connectivity index (χ1n) is 20.7. The first kappa shape index (κ1) is 35.4. The van der Waals surface area contributed by atoms with Crippen LogP contribution in [0, 0.1) is 0 Å². The Bertz CT molecular complexity index is 3490. The lowest BCUT2D eigenvalue weighted by Crippen LogP contribution is -1.98. The van der Waals surface area contributed by atoms with Gasteiger partial charge in [-0.15, -0.1) is 0 Å². The molecule has 0 fully saturated rings. The number of benzene rings is 8. The number of aromatic nitrogens is 4. The molecule has 0 aliphatic heterocycles. The third kappa shape index (κ3) is 5.76. The summed E-state index contributed by atoms with van der Waals surface area (Å²) in [6.45, 7) is 4.00. The van der Waals surface area contributed by atoms with Crippen molar-refractivity contribution in [3.8, 4) is 50.7 Å². The Morgan fingerprint density at radius 2 is 0.883 bits per heavy atom. The van der Waals surface area contributed by atoms with Gasteiger partial charge in [-0.05, 0) is 71.1 Å². The lowest BCUT2D eigenvalue weighted by Gasteiger charge is -2.13. The van der Waals surface area contributed by atoms with Crippen LogP contribution in [0.25, 0.3) is 111 Å². The third-order valence-corrected chi connectivity index (χ3v) is 11.7. The Morgan fingerprint density at radius 3 is 1.57 bits per heavy atom. The van der Waals surface area contributed by atoms with Gasteiger partial charge in [0.2, 0.25) is 0 Å². The quantitative estimate of drug-likeness (QED) is 0.163. The van der Waals surface area contributed by atoms with Gasteiger partial charge in [0.25, 0.3) is 0 Å². The van der Waals surface area contributed by atoms with Crippen molar-refractivity contribution in [2.45, 2.75) is 13.8 Å². The Hall–Kier alpha value is -7.82. The van der Waals surface area contributed by atoms with Crippen molar-refractivity contribution in [3.05, 3.63) is 206 Å². The van der Waals surface area contributed by atoms with Gasteiger partial charge in [-0.1, -0.05) is 166 Å². The van der Waals surface area contributed by atoms with Crippen LogP contribution in [0.3, 0.4) is 0 Å². The van der Waals surface area contributed by atoms with Gasteiger partial charge < -0.3 is 8.97 Å². The molecule has 12 aromatic rings. The van der Waals surface area contributed by atoms with Crippen LogP contribution in [0.5, 0.6) is 0 Å². The lowest BCUT2D eigenvalue weighted by molar-refractivity contribution is 1.16. The summed E-state index contributed by atoms with van der Waals surface area (Å²) in [5.74, 6) is 0.688. The predicted octanol–water partition coefficient (Wildman–Crippen LogP) is 15.0. The summed E-state index contributed by atoms with van der Waals surface area (Å²) >= 11 is 0. The Balaban J connectivity index is 0.00000201. The summed E-state index contributed by atoms with van der Waals surface area (Å²) in [5.41, 5.74) is 14.2. The highest BCUT2D eigenvalue weighted by Gasteiger charge is 2.19. The van der Waals surface area contributed by atoms with Crippen LogP contribution < -0.4 is 0 Å². The van der Waals surface area contributed by atoms with E-state index in [4.69, 9.17) is 9.97 Å². The molecular weight excluding hydrogens is 729 g/mol. The van der Waals surface area contributed by atoms with E-state index in [0.717, 1.165) is 44.8 Å². The number of para-hydroxylation sites is 1. The average molecular weight is 769 g/mol. The predicted molar refractivity (Wildman–Crippen MR) is 253 cm³/mol. The number of rotatable bonds is 5. The van der Waals surface area contributed by atoms with Crippen molar-refractivity contribution < 1.29 is 0 Å². The van der Waals surface area contributed by atoms with E-state index >= 15 is 0 Å². The van der Waals surface area contributed by atoms with E-state index < -0.39 is 0 Å². The van der Waals surface area contributed by atoms with E-state index in [1.54, 1.807) is 0 Å². The molecule has 4 nitrogen and oxygen atoms in total. The van der Waals surface area contributed by atoms with Crippen molar-refractivity contribution in [2.24, 2.45) is 0 Å². The van der Waals surface area contributed by atoms with Crippen molar-refractivity contribution >= 4 is 59.9 Å². The molecule has 8 aromatic carbocycles. The van der Waals surface area contributed by atoms with Crippen LogP contribution in [-0.2, 0) is 0 Å². The van der Waals surface area contributed by atoms with E-state index in [9.17, 15) is 0 Å². The van der Waals surface area contributed by atoms with Crippen LogP contribution in [0.2, 0.25) is 0 Å². The Morgan fingerprint density at radius 1 is 0.317 bits per heavy atom. The van der Waals surface area contributed by atoms with E-state index in [0.29, 0.717) is 5.82 Å². The lowest BCUT2D eigenvalue weighted by atomic mass is 10.0.